The highest BCUT2D eigenvalue weighted by atomic mass is 19.1. The van der Waals surface area contributed by atoms with Gasteiger partial charge in [-0.25, -0.2) is 9.18 Å². The SMILES string of the molecule is N#Cc1ccccc1NC(=O)CN1CCN(c2ccccc2F)C1=O. The molecule has 1 aliphatic heterocycles. The van der Waals surface area contributed by atoms with E-state index in [9.17, 15) is 14.0 Å². The molecule has 2 aromatic rings. The molecular formula is C18H15FN4O2. The van der Waals surface area contributed by atoms with Gasteiger partial charge in [0.1, 0.15) is 18.4 Å². The van der Waals surface area contributed by atoms with Crippen molar-refractivity contribution in [2.75, 3.05) is 29.9 Å². The Hall–Kier alpha value is -3.40. The molecule has 0 aromatic heterocycles. The first-order valence-corrected chi connectivity index (χ1v) is 7.70. The number of nitriles is 1. The number of rotatable bonds is 4. The van der Waals surface area contributed by atoms with E-state index in [0.717, 1.165) is 0 Å². The zero-order valence-electron chi connectivity index (χ0n) is 13.3. The first kappa shape index (κ1) is 16.5. The average molecular weight is 338 g/mol. The van der Waals surface area contributed by atoms with Gasteiger partial charge in [-0.15, -0.1) is 0 Å². The molecule has 0 spiro atoms. The van der Waals surface area contributed by atoms with Gasteiger partial charge < -0.3 is 10.2 Å². The van der Waals surface area contributed by atoms with Crippen LogP contribution in [0, 0.1) is 17.1 Å². The van der Waals surface area contributed by atoms with Crippen molar-refractivity contribution in [3.63, 3.8) is 0 Å². The standard InChI is InChI=1S/C18H15FN4O2/c19-14-6-2-4-8-16(14)23-10-9-22(18(23)25)12-17(24)21-15-7-3-1-5-13(15)11-20/h1-8H,9-10,12H2,(H,21,24). The highest BCUT2D eigenvalue weighted by Gasteiger charge is 2.32. The number of para-hydroxylation sites is 2. The van der Waals surface area contributed by atoms with Crippen LogP contribution in [0.2, 0.25) is 0 Å². The minimum atomic E-state index is -0.481. The van der Waals surface area contributed by atoms with Crippen LogP contribution in [-0.4, -0.2) is 36.5 Å². The van der Waals surface area contributed by atoms with E-state index in [2.05, 4.69) is 5.32 Å². The monoisotopic (exact) mass is 338 g/mol. The maximum Gasteiger partial charge on any atom is 0.325 e. The Morgan fingerprint density at radius 2 is 1.88 bits per heavy atom. The van der Waals surface area contributed by atoms with Crippen molar-refractivity contribution in [2.45, 2.75) is 0 Å². The van der Waals surface area contributed by atoms with E-state index in [1.165, 1.54) is 21.9 Å². The summed E-state index contributed by atoms with van der Waals surface area (Å²) in [5.41, 5.74) is 0.939. The number of amides is 3. The molecule has 3 rings (SSSR count). The fourth-order valence-electron chi connectivity index (χ4n) is 2.68. The molecule has 1 N–H and O–H groups in total. The smallest absolute Gasteiger partial charge is 0.323 e. The summed E-state index contributed by atoms with van der Waals surface area (Å²) in [5.74, 6) is -0.892. The van der Waals surface area contributed by atoms with Crippen LogP contribution in [0.5, 0.6) is 0 Å². The first-order chi connectivity index (χ1) is 12.1. The molecule has 126 valence electrons. The van der Waals surface area contributed by atoms with Crippen LogP contribution in [0.3, 0.4) is 0 Å². The molecule has 0 radical (unpaired) electrons. The molecule has 1 saturated heterocycles. The summed E-state index contributed by atoms with van der Waals surface area (Å²) in [7, 11) is 0. The second kappa shape index (κ2) is 7.01. The van der Waals surface area contributed by atoms with Crippen molar-refractivity contribution in [3.05, 3.63) is 59.9 Å². The van der Waals surface area contributed by atoms with Gasteiger partial charge in [0, 0.05) is 13.1 Å². The van der Waals surface area contributed by atoms with Crippen LogP contribution < -0.4 is 10.2 Å². The number of hydrogen-bond donors (Lipinski definition) is 1. The number of carbonyl (C=O) groups is 2. The van der Waals surface area contributed by atoms with Gasteiger partial charge in [-0.2, -0.15) is 5.26 Å². The summed E-state index contributed by atoms with van der Waals surface area (Å²) in [4.78, 5) is 27.3. The zero-order chi connectivity index (χ0) is 17.8. The number of halogens is 1. The Morgan fingerprint density at radius 3 is 2.64 bits per heavy atom. The number of urea groups is 1. The molecule has 1 heterocycles. The van der Waals surface area contributed by atoms with Crippen LogP contribution in [0.25, 0.3) is 0 Å². The van der Waals surface area contributed by atoms with Crippen LogP contribution in [0.4, 0.5) is 20.6 Å². The molecular weight excluding hydrogens is 323 g/mol. The fourth-order valence-corrected chi connectivity index (χ4v) is 2.68. The van der Waals surface area contributed by atoms with E-state index in [1.54, 1.807) is 36.4 Å². The van der Waals surface area contributed by atoms with Gasteiger partial charge in [-0.3, -0.25) is 9.69 Å². The number of nitrogens with zero attached hydrogens (tertiary/aromatic N) is 3. The third kappa shape index (κ3) is 3.43. The Bertz CT molecular complexity index is 862. The van der Waals surface area contributed by atoms with Gasteiger partial charge in [-0.05, 0) is 24.3 Å². The molecule has 0 atom stereocenters. The number of nitrogens with one attached hydrogen (secondary N) is 1. The lowest BCUT2D eigenvalue weighted by molar-refractivity contribution is -0.116. The topological polar surface area (TPSA) is 76.4 Å². The van der Waals surface area contributed by atoms with Gasteiger partial charge >= 0.3 is 6.03 Å². The summed E-state index contributed by atoms with van der Waals surface area (Å²) in [6, 6.07) is 14.2. The van der Waals surface area contributed by atoms with Crippen LogP contribution in [0.15, 0.2) is 48.5 Å². The van der Waals surface area contributed by atoms with E-state index in [-0.39, 0.29) is 12.2 Å². The molecule has 0 aliphatic carbocycles. The highest BCUT2D eigenvalue weighted by Crippen LogP contribution is 2.23. The number of anilines is 2. The van der Waals surface area contributed by atoms with E-state index in [1.807, 2.05) is 6.07 Å². The molecule has 2 aromatic carbocycles. The van der Waals surface area contributed by atoms with Crippen LogP contribution in [0.1, 0.15) is 5.56 Å². The number of hydrogen-bond acceptors (Lipinski definition) is 3. The average Bonchev–Trinajstić information content (AvgIpc) is 2.96. The minimum Gasteiger partial charge on any atom is -0.323 e. The summed E-state index contributed by atoms with van der Waals surface area (Å²) in [6.07, 6.45) is 0. The van der Waals surface area contributed by atoms with Gasteiger partial charge in [0.05, 0.1) is 16.9 Å². The molecule has 1 aliphatic rings. The van der Waals surface area contributed by atoms with Crippen LogP contribution in [-0.2, 0) is 4.79 Å². The lowest BCUT2D eigenvalue weighted by atomic mass is 10.2. The lowest BCUT2D eigenvalue weighted by Crippen LogP contribution is -2.37. The van der Waals surface area contributed by atoms with Crippen molar-refractivity contribution < 1.29 is 14.0 Å². The largest absolute Gasteiger partial charge is 0.325 e. The Balaban J connectivity index is 1.66. The predicted octanol–water partition coefficient (Wildman–Crippen LogP) is 2.58. The molecule has 0 bridgehead atoms. The molecule has 1 fully saturated rings. The molecule has 25 heavy (non-hydrogen) atoms. The molecule has 3 amide bonds. The van der Waals surface area contributed by atoms with E-state index >= 15 is 0 Å². The first-order valence-electron chi connectivity index (χ1n) is 7.70. The Morgan fingerprint density at radius 1 is 1.16 bits per heavy atom. The predicted molar refractivity (Wildman–Crippen MR) is 90.5 cm³/mol. The second-order valence-electron chi connectivity index (χ2n) is 5.51. The summed E-state index contributed by atoms with van der Waals surface area (Å²) in [5, 5.41) is 11.7. The lowest BCUT2D eigenvalue weighted by Gasteiger charge is -2.19. The number of carbonyl (C=O) groups excluding carboxylic acids is 2. The van der Waals surface area contributed by atoms with Crippen molar-refractivity contribution in [1.29, 1.82) is 5.26 Å². The van der Waals surface area contributed by atoms with Gasteiger partial charge in [0.25, 0.3) is 0 Å². The van der Waals surface area contributed by atoms with Gasteiger partial charge in [0.2, 0.25) is 5.91 Å². The van der Waals surface area contributed by atoms with Crippen molar-refractivity contribution in [2.24, 2.45) is 0 Å². The summed E-state index contributed by atoms with van der Waals surface area (Å²) < 4.78 is 13.9. The maximum absolute atomic E-state index is 13.9. The van der Waals surface area contributed by atoms with Crippen molar-refractivity contribution in [3.8, 4) is 6.07 Å². The van der Waals surface area contributed by atoms with Crippen LogP contribution >= 0.6 is 0 Å². The van der Waals surface area contributed by atoms with Gasteiger partial charge in [-0.1, -0.05) is 24.3 Å². The summed E-state index contributed by atoms with van der Waals surface area (Å²) in [6.45, 7) is 0.464. The third-order valence-electron chi connectivity index (χ3n) is 3.89. The maximum atomic E-state index is 13.9. The second-order valence-corrected chi connectivity index (χ2v) is 5.51. The van der Waals surface area contributed by atoms with Crippen molar-refractivity contribution >= 4 is 23.3 Å². The quantitative estimate of drug-likeness (QED) is 0.931. The van der Waals surface area contributed by atoms with Crippen molar-refractivity contribution in [1.82, 2.24) is 4.90 Å². The molecule has 0 unspecified atom stereocenters. The van der Waals surface area contributed by atoms with Gasteiger partial charge in [0.15, 0.2) is 0 Å². The minimum absolute atomic E-state index is 0.163. The zero-order valence-corrected chi connectivity index (χ0v) is 13.3. The third-order valence-corrected chi connectivity index (χ3v) is 3.89. The molecule has 0 saturated carbocycles. The molecule has 7 heteroatoms. The molecule has 6 nitrogen and oxygen atoms in total. The van der Waals surface area contributed by atoms with E-state index < -0.39 is 17.8 Å². The van der Waals surface area contributed by atoms with E-state index in [0.29, 0.717) is 24.3 Å². The number of benzene rings is 2. The summed E-state index contributed by atoms with van der Waals surface area (Å²) >= 11 is 0. The normalized spacial score (nSPS) is 13.7. The fraction of sp³-hybridized carbons (Fsp3) is 0.167. The highest BCUT2D eigenvalue weighted by molar-refractivity contribution is 5.99. The van der Waals surface area contributed by atoms with E-state index in [4.69, 9.17) is 5.26 Å². The Kier molecular flexibility index (Phi) is 4.61. The Labute approximate surface area is 144 Å².